The topological polar surface area (TPSA) is 27.6 Å². The Morgan fingerprint density at radius 1 is 0.645 bits per heavy atom. The molecule has 1 aliphatic rings. The van der Waals surface area contributed by atoms with Gasteiger partial charge in [-0.2, -0.15) is 0 Å². The lowest BCUT2D eigenvalue weighted by atomic mass is 9.75. The molecule has 0 saturated heterocycles. The van der Waals surface area contributed by atoms with Gasteiger partial charge in [-0.1, -0.05) is 84.9 Å². The number of hydrogen-bond donors (Lipinski definition) is 1. The summed E-state index contributed by atoms with van der Waals surface area (Å²) in [6, 6.07) is 38.1. The molecule has 0 fully saturated rings. The van der Waals surface area contributed by atoms with E-state index in [1.165, 1.54) is 5.69 Å². The predicted octanol–water partition coefficient (Wildman–Crippen LogP) is 6.24. The first-order chi connectivity index (χ1) is 15.2. The molecular weight excluding hydrogens is 378 g/mol. The third kappa shape index (κ3) is 3.28. The summed E-state index contributed by atoms with van der Waals surface area (Å²) in [6.07, 6.45) is 0. The third-order valence-electron chi connectivity index (χ3n) is 5.88. The number of anilines is 2. The van der Waals surface area contributed by atoms with Gasteiger partial charge in [-0.3, -0.25) is 0 Å². The summed E-state index contributed by atoms with van der Waals surface area (Å²) in [7, 11) is 4.13. The molecule has 31 heavy (non-hydrogen) atoms. The first kappa shape index (κ1) is 19.1. The molecule has 5 rings (SSSR count). The van der Waals surface area contributed by atoms with Crippen molar-refractivity contribution in [2.24, 2.45) is 4.99 Å². The van der Waals surface area contributed by atoms with Gasteiger partial charge >= 0.3 is 0 Å². The van der Waals surface area contributed by atoms with Gasteiger partial charge in [-0.05, 0) is 41.0 Å². The van der Waals surface area contributed by atoms with E-state index in [9.17, 15) is 0 Å². The van der Waals surface area contributed by atoms with E-state index in [0.717, 1.165) is 33.8 Å². The standard InChI is InChI=1S/C28H25N3/c1-31(2)24-19-17-23(18-20-24)28(22-13-7-4-8-14-22)27(21-11-5-3-6-12-21)29-25-15-9-10-16-26(25)30-28/h3-20,30H,1-2H3/t28-/m0/s1. The fraction of sp³-hybridized carbons (Fsp3) is 0.107. The number of fused-ring (bicyclic) bond motifs is 1. The largest absolute Gasteiger partial charge is 0.378 e. The molecule has 0 spiro atoms. The average molecular weight is 404 g/mol. The van der Waals surface area contributed by atoms with E-state index >= 15 is 0 Å². The van der Waals surface area contributed by atoms with Crippen molar-refractivity contribution < 1.29 is 0 Å². The lowest BCUT2D eigenvalue weighted by molar-refractivity contribution is 0.783. The van der Waals surface area contributed by atoms with Gasteiger partial charge in [0.1, 0.15) is 5.54 Å². The van der Waals surface area contributed by atoms with Gasteiger partial charge in [0.15, 0.2) is 0 Å². The van der Waals surface area contributed by atoms with E-state index < -0.39 is 5.54 Å². The molecule has 0 amide bonds. The predicted molar refractivity (Wildman–Crippen MR) is 131 cm³/mol. The van der Waals surface area contributed by atoms with E-state index in [0.29, 0.717) is 0 Å². The summed E-state index contributed by atoms with van der Waals surface area (Å²) in [5, 5.41) is 3.90. The monoisotopic (exact) mass is 403 g/mol. The van der Waals surface area contributed by atoms with Crippen LogP contribution in [-0.4, -0.2) is 19.8 Å². The Morgan fingerprint density at radius 2 is 1.23 bits per heavy atom. The Balaban J connectivity index is 1.82. The van der Waals surface area contributed by atoms with Gasteiger partial charge in [0.2, 0.25) is 0 Å². The van der Waals surface area contributed by atoms with Gasteiger partial charge in [0.05, 0.1) is 17.1 Å². The van der Waals surface area contributed by atoms with E-state index in [-0.39, 0.29) is 0 Å². The van der Waals surface area contributed by atoms with Crippen LogP contribution in [0.5, 0.6) is 0 Å². The van der Waals surface area contributed by atoms with E-state index in [4.69, 9.17) is 4.99 Å². The average Bonchev–Trinajstić information content (AvgIpc) is 2.84. The summed E-state index contributed by atoms with van der Waals surface area (Å²) in [5.74, 6) is 0. The number of nitrogens with zero attached hydrogens (tertiary/aromatic N) is 2. The minimum Gasteiger partial charge on any atom is -0.378 e. The quantitative estimate of drug-likeness (QED) is 0.437. The lowest BCUT2D eigenvalue weighted by Crippen LogP contribution is -2.46. The fourth-order valence-corrected chi connectivity index (χ4v) is 4.30. The maximum atomic E-state index is 5.22. The Hall–Kier alpha value is -3.85. The van der Waals surface area contributed by atoms with Gasteiger partial charge in [-0.15, -0.1) is 0 Å². The number of rotatable bonds is 4. The van der Waals surface area contributed by atoms with Crippen molar-refractivity contribution in [3.8, 4) is 0 Å². The van der Waals surface area contributed by atoms with Crippen molar-refractivity contribution in [1.29, 1.82) is 0 Å². The lowest BCUT2D eigenvalue weighted by Gasteiger charge is -2.41. The van der Waals surface area contributed by atoms with Crippen LogP contribution in [0.15, 0.2) is 114 Å². The Kier molecular flexibility index (Phi) is 4.79. The molecular formula is C28H25N3. The summed E-state index contributed by atoms with van der Waals surface area (Å²) in [6.45, 7) is 0. The zero-order chi connectivity index (χ0) is 21.3. The zero-order valence-corrected chi connectivity index (χ0v) is 17.8. The molecule has 0 bridgehead atoms. The van der Waals surface area contributed by atoms with Crippen LogP contribution in [0.25, 0.3) is 0 Å². The fourth-order valence-electron chi connectivity index (χ4n) is 4.30. The van der Waals surface area contributed by atoms with Crippen LogP contribution < -0.4 is 10.2 Å². The van der Waals surface area contributed by atoms with Crippen molar-refractivity contribution in [1.82, 2.24) is 0 Å². The maximum Gasteiger partial charge on any atom is 0.132 e. The first-order valence-electron chi connectivity index (χ1n) is 10.5. The molecule has 3 heteroatoms. The Morgan fingerprint density at radius 3 is 1.90 bits per heavy atom. The van der Waals surface area contributed by atoms with Crippen LogP contribution >= 0.6 is 0 Å². The first-order valence-corrected chi connectivity index (χ1v) is 10.5. The van der Waals surface area contributed by atoms with E-state index in [2.05, 4.69) is 121 Å². The van der Waals surface area contributed by atoms with Crippen LogP contribution in [0, 0.1) is 0 Å². The number of nitrogens with one attached hydrogen (secondary N) is 1. The minimum atomic E-state index is -0.609. The van der Waals surface area contributed by atoms with Crippen LogP contribution in [0.1, 0.15) is 16.7 Å². The second-order valence-corrected chi connectivity index (χ2v) is 8.03. The molecule has 0 aliphatic carbocycles. The van der Waals surface area contributed by atoms with E-state index in [1.807, 2.05) is 12.1 Å². The Labute approximate surface area is 183 Å². The van der Waals surface area contributed by atoms with Crippen LogP contribution in [-0.2, 0) is 5.54 Å². The van der Waals surface area contributed by atoms with Gasteiger partial charge in [0, 0.05) is 19.8 Å². The number of benzene rings is 4. The number of aliphatic imine (C=N–C) groups is 1. The van der Waals surface area contributed by atoms with Gasteiger partial charge in [0.25, 0.3) is 0 Å². The normalized spacial score (nSPS) is 17.3. The van der Waals surface area contributed by atoms with Crippen LogP contribution in [0.4, 0.5) is 17.1 Å². The molecule has 152 valence electrons. The van der Waals surface area contributed by atoms with Gasteiger partial charge in [-0.25, -0.2) is 4.99 Å². The molecule has 1 aliphatic heterocycles. The molecule has 4 aromatic rings. The molecule has 0 radical (unpaired) electrons. The van der Waals surface area contributed by atoms with Crippen molar-refractivity contribution >= 4 is 22.8 Å². The highest BCUT2D eigenvalue weighted by Crippen LogP contribution is 2.44. The van der Waals surface area contributed by atoms with Crippen molar-refractivity contribution in [3.05, 3.63) is 126 Å². The highest BCUT2D eigenvalue weighted by Gasteiger charge is 2.43. The van der Waals surface area contributed by atoms with Gasteiger partial charge < -0.3 is 10.2 Å². The molecule has 1 N–H and O–H groups in total. The second kappa shape index (κ2) is 7.77. The summed E-state index contributed by atoms with van der Waals surface area (Å²) in [4.78, 5) is 7.34. The minimum absolute atomic E-state index is 0.609. The Bertz CT molecular complexity index is 1210. The molecule has 0 unspecified atom stereocenters. The molecule has 1 atom stereocenters. The van der Waals surface area contributed by atoms with Crippen molar-refractivity contribution in [3.63, 3.8) is 0 Å². The molecule has 3 nitrogen and oxygen atoms in total. The molecule has 0 aromatic heterocycles. The molecule has 1 heterocycles. The maximum absolute atomic E-state index is 5.22. The summed E-state index contributed by atoms with van der Waals surface area (Å²) in [5.41, 5.74) is 6.95. The van der Waals surface area contributed by atoms with Crippen LogP contribution in [0.3, 0.4) is 0 Å². The highest BCUT2D eigenvalue weighted by atomic mass is 15.1. The highest BCUT2D eigenvalue weighted by molar-refractivity contribution is 6.15. The summed E-state index contributed by atoms with van der Waals surface area (Å²) < 4.78 is 0. The van der Waals surface area contributed by atoms with Crippen LogP contribution in [0.2, 0.25) is 0 Å². The summed E-state index contributed by atoms with van der Waals surface area (Å²) >= 11 is 0. The third-order valence-corrected chi connectivity index (χ3v) is 5.88. The zero-order valence-electron chi connectivity index (χ0n) is 17.8. The molecule has 4 aromatic carbocycles. The second-order valence-electron chi connectivity index (χ2n) is 8.03. The number of hydrogen-bond acceptors (Lipinski definition) is 3. The SMILES string of the molecule is CN(C)c1ccc([C@]2(c3ccccc3)Nc3ccccc3N=C2c2ccccc2)cc1. The molecule has 0 saturated carbocycles. The van der Waals surface area contributed by atoms with Crippen molar-refractivity contribution in [2.75, 3.05) is 24.3 Å². The van der Waals surface area contributed by atoms with Crippen molar-refractivity contribution in [2.45, 2.75) is 5.54 Å². The van der Waals surface area contributed by atoms with E-state index in [1.54, 1.807) is 0 Å². The smallest absolute Gasteiger partial charge is 0.132 e. The number of para-hydroxylation sites is 2.